The van der Waals surface area contributed by atoms with Gasteiger partial charge in [0.2, 0.25) is 5.91 Å². The number of hydrogen-bond donors (Lipinski definition) is 2. The second kappa shape index (κ2) is 6.76. The number of nitrogens with two attached hydrogens (primary N) is 1. The number of benzene rings is 1. The predicted molar refractivity (Wildman–Crippen MR) is 78.8 cm³/mol. The minimum atomic E-state index is -0.155. The highest BCUT2D eigenvalue weighted by Crippen LogP contribution is 2.24. The molecular weight excluding hydrogens is 276 g/mol. The molecule has 0 aliphatic rings. The molecule has 0 aliphatic heterocycles. The van der Waals surface area contributed by atoms with Crippen LogP contribution >= 0.6 is 11.8 Å². The molecule has 1 heterocycles. The predicted octanol–water partition coefficient (Wildman–Crippen LogP) is 1.80. The molecule has 0 aliphatic carbocycles. The molecule has 1 aromatic heterocycles. The molecule has 0 bridgehead atoms. The summed E-state index contributed by atoms with van der Waals surface area (Å²) in [6, 6.07) is 5.10. The molecule has 0 saturated carbocycles. The van der Waals surface area contributed by atoms with Gasteiger partial charge in [-0.2, -0.15) is 0 Å². The zero-order chi connectivity index (χ0) is 14.4. The molecule has 3 N–H and O–H groups in total. The van der Waals surface area contributed by atoms with E-state index < -0.39 is 0 Å². The van der Waals surface area contributed by atoms with E-state index >= 15 is 0 Å². The molecule has 1 amide bonds. The van der Waals surface area contributed by atoms with Crippen LogP contribution in [0.25, 0.3) is 0 Å². The van der Waals surface area contributed by atoms with Gasteiger partial charge in [0.25, 0.3) is 0 Å². The molecule has 20 heavy (non-hydrogen) atoms. The van der Waals surface area contributed by atoms with Crippen LogP contribution < -0.4 is 15.8 Å². The summed E-state index contributed by atoms with van der Waals surface area (Å²) in [6.45, 7) is 0. The number of aromatic nitrogens is 2. The molecule has 6 nitrogen and oxygen atoms in total. The van der Waals surface area contributed by atoms with Crippen molar-refractivity contribution in [3.05, 3.63) is 36.8 Å². The van der Waals surface area contributed by atoms with Crippen LogP contribution in [0.2, 0.25) is 0 Å². The van der Waals surface area contributed by atoms with E-state index in [9.17, 15) is 4.79 Å². The van der Waals surface area contributed by atoms with E-state index in [0.29, 0.717) is 22.2 Å². The van der Waals surface area contributed by atoms with Gasteiger partial charge in [-0.1, -0.05) is 11.8 Å². The van der Waals surface area contributed by atoms with Crippen LogP contribution in [0.4, 0.5) is 11.4 Å². The Balaban J connectivity index is 1.91. The normalized spacial score (nSPS) is 10.1. The Bertz CT molecular complexity index is 592. The Morgan fingerprint density at radius 3 is 2.95 bits per heavy atom. The molecule has 0 unspecified atom stereocenters. The summed E-state index contributed by atoms with van der Waals surface area (Å²) in [4.78, 5) is 19.8. The summed E-state index contributed by atoms with van der Waals surface area (Å²) in [5.41, 5.74) is 6.85. The van der Waals surface area contributed by atoms with Gasteiger partial charge in [-0.3, -0.25) is 9.78 Å². The Kier molecular flexibility index (Phi) is 4.78. The number of anilines is 2. The number of nitrogen functional groups attached to an aromatic ring is 1. The lowest BCUT2D eigenvalue weighted by atomic mass is 10.2. The third-order valence-corrected chi connectivity index (χ3v) is 3.34. The third-order valence-electron chi connectivity index (χ3n) is 2.42. The number of methoxy groups -OCH3 is 1. The second-order valence-corrected chi connectivity index (χ2v) is 4.83. The van der Waals surface area contributed by atoms with E-state index in [2.05, 4.69) is 15.3 Å². The quantitative estimate of drug-likeness (QED) is 0.644. The summed E-state index contributed by atoms with van der Waals surface area (Å²) in [6.07, 6.45) is 4.78. The first-order valence-electron chi connectivity index (χ1n) is 5.81. The average Bonchev–Trinajstić information content (AvgIpc) is 2.48. The highest BCUT2D eigenvalue weighted by atomic mass is 32.2. The van der Waals surface area contributed by atoms with Crippen molar-refractivity contribution < 1.29 is 9.53 Å². The molecule has 0 saturated heterocycles. The van der Waals surface area contributed by atoms with E-state index in [1.807, 2.05) is 0 Å². The SMILES string of the molecule is COc1ccc(NC(=O)CSc2cnccn2)c(N)c1. The minimum Gasteiger partial charge on any atom is -0.497 e. The van der Waals surface area contributed by atoms with Crippen LogP contribution in [0, 0.1) is 0 Å². The number of ether oxygens (including phenoxy) is 1. The molecular formula is C13H14N4O2S. The van der Waals surface area contributed by atoms with Crippen LogP contribution in [0.1, 0.15) is 0 Å². The van der Waals surface area contributed by atoms with E-state index in [1.165, 1.54) is 11.8 Å². The van der Waals surface area contributed by atoms with E-state index in [-0.39, 0.29) is 11.7 Å². The molecule has 0 fully saturated rings. The number of hydrogen-bond acceptors (Lipinski definition) is 6. The highest BCUT2D eigenvalue weighted by molar-refractivity contribution is 7.99. The summed E-state index contributed by atoms with van der Waals surface area (Å²) in [7, 11) is 1.56. The smallest absolute Gasteiger partial charge is 0.234 e. The van der Waals surface area contributed by atoms with Crippen LogP contribution in [-0.4, -0.2) is 28.7 Å². The zero-order valence-corrected chi connectivity index (χ0v) is 11.7. The number of carbonyl (C=O) groups excluding carboxylic acids is 1. The highest BCUT2D eigenvalue weighted by Gasteiger charge is 2.07. The van der Waals surface area contributed by atoms with Crippen LogP contribution in [0.5, 0.6) is 5.75 Å². The van der Waals surface area contributed by atoms with Gasteiger partial charge in [0.15, 0.2) is 0 Å². The fourth-order valence-corrected chi connectivity index (χ4v) is 2.09. The lowest BCUT2D eigenvalue weighted by Gasteiger charge is -2.09. The van der Waals surface area contributed by atoms with Crippen molar-refractivity contribution in [3.63, 3.8) is 0 Å². The van der Waals surface area contributed by atoms with Crippen LogP contribution in [0.15, 0.2) is 41.8 Å². The van der Waals surface area contributed by atoms with Crippen molar-refractivity contribution >= 4 is 29.0 Å². The second-order valence-electron chi connectivity index (χ2n) is 3.83. The molecule has 1 aromatic carbocycles. The first-order valence-corrected chi connectivity index (χ1v) is 6.80. The van der Waals surface area contributed by atoms with E-state index in [4.69, 9.17) is 10.5 Å². The molecule has 2 aromatic rings. The zero-order valence-electron chi connectivity index (χ0n) is 10.9. The van der Waals surface area contributed by atoms with Gasteiger partial charge in [0, 0.05) is 18.5 Å². The third kappa shape index (κ3) is 3.86. The summed E-state index contributed by atoms with van der Waals surface area (Å²) in [5, 5.41) is 3.44. The first-order chi connectivity index (χ1) is 9.69. The maximum atomic E-state index is 11.8. The lowest BCUT2D eigenvalue weighted by molar-refractivity contribution is -0.113. The number of amides is 1. The van der Waals surface area contributed by atoms with Crippen molar-refractivity contribution in [1.82, 2.24) is 9.97 Å². The van der Waals surface area contributed by atoms with Crippen molar-refractivity contribution in [2.45, 2.75) is 5.03 Å². The molecule has 0 spiro atoms. The van der Waals surface area contributed by atoms with Gasteiger partial charge in [-0.15, -0.1) is 0 Å². The molecule has 2 rings (SSSR count). The van der Waals surface area contributed by atoms with Crippen molar-refractivity contribution in [3.8, 4) is 5.75 Å². The van der Waals surface area contributed by atoms with E-state index in [1.54, 1.807) is 43.9 Å². The fraction of sp³-hybridized carbons (Fsp3) is 0.154. The Morgan fingerprint density at radius 2 is 2.30 bits per heavy atom. The Labute approximate surface area is 120 Å². The van der Waals surface area contributed by atoms with Crippen molar-refractivity contribution in [2.75, 3.05) is 23.9 Å². The Hall–Kier alpha value is -2.28. The first kappa shape index (κ1) is 14.1. The average molecular weight is 290 g/mol. The van der Waals surface area contributed by atoms with Gasteiger partial charge in [-0.25, -0.2) is 4.98 Å². The van der Waals surface area contributed by atoms with Crippen molar-refractivity contribution in [2.24, 2.45) is 0 Å². The molecule has 0 radical (unpaired) electrons. The summed E-state index contributed by atoms with van der Waals surface area (Å²) in [5.74, 6) is 0.733. The van der Waals surface area contributed by atoms with E-state index in [0.717, 1.165) is 0 Å². The minimum absolute atomic E-state index is 0.155. The number of rotatable bonds is 5. The molecule has 7 heteroatoms. The number of nitrogens with zero attached hydrogens (tertiary/aromatic N) is 2. The van der Waals surface area contributed by atoms with Gasteiger partial charge in [0.05, 0.1) is 30.4 Å². The summed E-state index contributed by atoms with van der Waals surface area (Å²) < 4.78 is 5.05. The monoisotopic (exact) mass is 290 g/mol. The van der Waals surface area contributed by atoms with Crippen LogP contribution in [0.3, 0.4) is 0 Å². The Morgan fingerprint density at radius 1 is 1.45 bits per heavy atom. The molecule has 104 valence electrons. The number of thioether (sulfide) groups is 1. The van der Waals surface area contributed by atoms with Gasteiger partial charge in [-0.05, 0) is 12.1 Å². The topological polar surface area (TPSA) is 90.1 Å². The summed E-state index contributed by atoms with van der Waals surface area (Å²) >= 11 is 1.31. The van der Waals surface area contributed by atoms with Gasteiger partial charge >= 0.3 is 0 Å². The van der Waals surface area contributed by atoms with Gasteiger partial charge in [0.1, 0.15) is 10.8 Å². The number of carbonyl (C=O) groups is 1. The maximum absolute atomic E-state index is 11.8. The van der Waals surface area contributed by atoms with Crippen LogP contribution in [-0.2, 0) is 4.79 Å². The fourth-order valence-electron chi connectivity index (χ4n) is 1.47. The number of nitrogens with one attached hydrogen (secondary N) is 1. The van der Waals surface area contributed by atoms with Gasteiger partial charge < -0.3 is 15.8 Å². The largest absolute Gasteiger partial charge is 0.497 e. The van der Waals surface area contributed by atoms with Crippen molar-refractivity contribution in [1.29, 1.82) is 0 Å². The lowest BCUT2D eigenvalue weighted by Crippen LogP contribution is -2.15. The molecule has 0 atom stereocenters. The standard InChI is InChI=1S/C13H14N4O2S/c1-19-9-2-3-11(10(14)6-9)17-12(18)8-20-13-7-15-4-5-16-13/h2-7H,8,14H2,1H3,(H,17,18). The maximum Gasteiger partial charge on any atom is 0.234 e.